The van der Waals surface area contributed by atoms with Gasteiger partial charge in [-0.1, -0.05) is 0 Å². The number of aliphatic carboxylic acids is 1. The summed E-state index contributed by atoms with van der Waals surface area (Å²) in [6, 6.07) is -0.279. The van der Waals surface area contributed by atoms with Gasteiger partial charge < -0.3 is 20.5 Å². The van der Waals surface area contributed by atoms with E-state index in [1.54, 1.807) is 0 Å². The highest BCUT2D eigenvalue weighted by molar-refractivity contribution is 8.06. The van der Waals surface area contributed by atoms with Crippen LogP contribution in [-0.2, 0) is 9.53 Å². The smallest absolute Gasteiger partial charge is 0.314 e. The van der Waals surface area contributed by atoms with Crippen molar-refractivity contribution in [1.29, 1.82) is 0 Å². The van der Waals surface area contributed by atoms with Gasteiger partial charge in [-0.05, 0) is 12.8 Å². The molecular formula is C13H22N2O4S2. The highest BCUT2D eigenvalue weighted by Crippen LogP contribution is 2.30. The van der Waals surface area contributed by atoms with Crippen molar-refractivity contribution in [2.45, 2.75) is 18.1 Å². The molecule has 0 saturated carbocycles. The number of ether oxygens (including phenoxy) is 1. The van der Waals surface area contributed by atoms with Crippen molar-refractivity contribution in [2.24, 2.45) is 5.41 Å². The molecule has 2 aliphatic heterocycles. The highest BCUT2D eigenvalue weighted by atomic mass is 32.2. The Morgan fingerprint density at radius 1 is 1.24 bits per heavy atom. The second-order valence-corrected chi connectivity index (χ2v) is 7.89. The predicted octanol–water partition coefficient (Wildman–Crippen LogP) is 1.02. The maximum absolute atomic E-state index is 11.8. The number of thioether (sulfide) groups is 2. The zero-order valence-electron chi connectivity index (χ0n) is 11.9. The Kier molecular flexibility index (Phi) is 6.50. The third kappa shape index (κ3) is 4.96. The fourth-order valence-electron chi connectivity index (χ4n) is 2.40. The number of carboxylic acid groups (broad SMARTS) is 1. The summed E-state index contributed by atoms with van der Waals surface area (Å²) in [5.74, 6) is 2.50. The Hall–Kier alpha value is -0.600. The van der Waals surface area contributed by atoms with Crippen LogP contribution < -0.4 is 10.6 Å². The molecule has 8 heteroatoms. The maximum atomic E-state index is 11.8. The lowest BCUT2D eigenvalue weighted by Gasteiger charge is -2.33. The number of hydrogen-bond donors (Lipinski definition) is 3. The number of nitrogens with one attached hydrogen (secondary N) is 2. The summed E-state index contributed by atoms with van der Waals surface area (Å²) >= 11 is 3.79. The van der Waals surface area contributed by atoms with Crippen LogP contribution in [0, 0.1) is 5.41 Å². The molecule has 1 unspecified atom stereocenters. The van der Waals surface area contributed by atoms with Crippen LogP contribution in [0.3, 0.4) is 0 Å². The van der Waals surface area contributed by atoms with E-state index < -0.39 is 11.4 Å². The number of urea groups is 1. The fraction of sp³-hybridized carbons (Fsp3) is 0.846. The molecular weight excluding hydrogens is 312 g/mol. The van der Waals surface area contributed by atoms with E-state index in [4.69, 9.17) is 4.74 Å². The zero-order chi connectivity index (χ0) is 15.1. The molecule has 3 N–H and O–H groups in total. The lowest BCUT2D eigenvalue weighted by molar-refractivity contribution is -0.154. The predicted molar refractivity (Wildman–Crippen MR) is 85.1 cm³/mol. The Morgan fingerprint density at radius 3 is 2.62 bits per heavy atom. The zero-order valence-corrected chi connectivity index (χ0v) is 13.6. The molecule has 2 saturated heterocycles. The van der Waals surface area contributed by atoms with E-state index in [1.165, 1.54) is 5.75 Å². The van der Waals surface area contributed by atoms with E-state index in [2.05, 4.69) is 10.6 Å². The van der Waals surface area contributed by atoms with Crippen molar-refractivity contribution < 1.29 is 19.4 Å². The van der Waals surface area contributed by atoms with Gasteiger partial charge in [-0.15, -0.1) is 0 Å². The molecule has 0 spiro atoms. The summed E-state index contributed by atoms with van der Waals surface area (Å²) in [5, 5.41) is 15.4. The third-order valence-electron chi connectivity index (χ3n) is 3.87. The second kappa shape index (κ2) is 8.14. The summed E-state index contributed by atoms with van der Waals surface area (Å²) in [4.78, 5) is 23.3. The number of amides is 2. The van der Waals surface area contributed by atoms with E-state index in [9.17, 15) is 14.7 Å². The average Bonchev–Trinajstić information content (AvgIpc) is 2.52. The number of carbonyl (C=O) groups excluding carboxylic acids is 1. The van der Waals surface area contributed by atoms with Gasteiger partial charge in [0.15, 0.2) is 0 Å². The topological polar surface area (TPSA) is 87.7 Å². The van der Waals surface area contributed by atoms with Crippen LogP contribution in [0.2, 0.25) is 0 Å². The van der Waals surface area contributed by atoms with Crippen molar-refractivity contribution in [3.63, 3.8) is 0 Å². The summed E-state index contributed by atoms with van der Waals surface area (Å²) in [7, 11) is 0. The van der Waals surface area contributed by atoms with Crippen LogP contribution in [-0.4, -0.2) is 65.9 Å². The van der Waals surface area contributed by atoms with Gasteiger partial charge in [0.25, 0.3) is 0 Å². The quantitative estimate of drug-likeness (QED) is 0.696. The van der Waals surface area contributed by atoms with E-state index in [-0.39, 0.29) is 12.6 Å². The molecule has 0 bridgehead atoms. The molecule has 2 fully saturated rings. The molecule has 21 heavy (non-hydrogen) atoms. The minimum absolute atomic E-state index is 0.157. The largest absolute Gasteiger partial charge is 0.481 e. The molecule has 0 aromatic heterocycles. The number of carbonyl (C=O) groups is 2. The molecule has 0 aromatic rings. The molecule has 0 radical (unpaired) electrons. The van der Waals surface area contributed by atoms with Crippen LogP contribution in [0.25, 0.3) is 0 Å². The van der Waals surface area contributed by atoms with Crippen molar-refractivity contribution in [1.82, 2.24) is 10.6 Å². The molecule has 120 valence electrons. The molecule has 2 amide bonds. The van der Waals surface area contributed by atoms with Crippen molar-refractivity contribution in [2.75, 3.05) is 43.6 Å². The van der Waals surface area contributed by atoms with Gasteiger partial charge in [0.2, 0.25) is 0 Å². The maximum Gasteiger partial charge on any atom is 0.314 e. The van der Waals surface area contributed by atoms with Gasteiger partial charge in [-0.25, -0.2) is 4.79 Å². The molecule has 1 atom stereocenters. The summed E-state index contributed by atoms with van der Waals surface area (Å²) in [6.07, 6.45) is 0.884. The SMILES string of the molecule is O=C(NCC1CSCCS1)NCC1(C(=O)O)CCOCC1. The number of hydrogen-bond acceptors (Lipinski definition) is 5. The minimum Gasteiger partial charge on any atom is -0.481 e. The van der Waals surface area contributed by atoms with Gasteiger partial charge in [0.05, 0.1) is 5.41 Å². The highest BCUT2D eigenvalue weighted by Gasteiger charge is 2.40. The van der Waals surface area contributed by atoms with Crippen LogP contribution in [0.5, 0.6) is 0 Å². The Balaban J connectivity index is 1.72. The lowest BCUT2D eigenvalue weighted by atomic mass is 9.80. The van der Waals surface area contributed by atoms with Gasteiger partial charge in [0, 0.05) is 48.8 Å². The first-order chi connectivity index (χ1) is 10.1. The molecule has 2 heterocycles. The van der Waals surface area contributed by atoms with E-state index in [0.717, 1.165) is 11.5 Å². The normalized spacial score (nSPS) is 25.0. The first kappa shape index (κ1) is 16.8. The van der Waals surface area contributed by atoms with Crippen molar-refractivity contribution in [3.8, 4) is 0 Å². The van der Waals surface area contributed by atoms with Gasteiger partial charge >= 0.3 is 12.0 Å². The molecule has 2 rings (SSSR count). The Labute approximate surface area is 133 Å². The lowest BCUT2D eigenvalue weighted by Crippen LogP contribution is -2.49. The van der Waals surface area contributed by atoms with Crippen LogP contribution >= 0.6 is 23.5 Å². The fourth-order valence-corrected chi connectivity index (χ4v) is 5.01. The first-order valence-corrected chi connectivity index (χ1v) is 9.35. The van der Waals surface area contributed by atoms with Crippen LogP contribution in [0.1, 0.15) is 12.8 Å². The molecule has 6 nitrogen and oxygen atoms in total. The van der Waals surface area contributed by atoms with Crippen LogP contribution in [0.4, 0.5) is 4.79 Å². The molecule has 0 aromatic carbocycles. The van der Waals surface area contributed by atoms with E-state index >= 15 is 0 Å². The van der Waals surface area contributed by atoms with E-state index in [0.29, 0.717) is 37.9 Å². The molecule has 2 aliphatic rings. The monoisotopic (exact) mass is 334 g/mol. The van der Waals surface area contributed by atoms with Gasteiger partial charge in [-0.3, -0.25) is 4.79 Å². The van der Waals surface area contributed by atoms with Gasteiger partial charge in [0.1, 0.15) is 0 Å². The second-order valence-electron chi connectivity index (χ2n) is 5.33. The van der Waals surface area contributed by atoms with Crippen molar-refractivity contribution >= 4 is 35.5 Å². The standard InChI is InChI=1S/C13H22N2O4S2/c16-11(17)13(1-3-19-4-2-13)9-15-12(18)14-7-10-8-20-5-6-21-10/h10H,1-9H2,(H,16,17)(H2,14,15,18). The Morgan fingerprint density at radius 2 is 2.00 bits per heavy atom. The number of rotatable bonds is 5. The summed E-state index contributed by atoms with van der Waals surface area (Å²) < 4.78 is 5.21. The summed E-state index contributed by atoms with van der Waals surface area (Å²) in [6.45, 7) is 1.66. The molecule has 0 aliphatic carbocycles. The van der Waals surface area contributed by atoms with E-state index in [1.807, 2.05) is 23.5 Å². The Bertz CT molecular complexity index is 369. The third-order valence-corrected chi connectivity index (χ3v) is 6.71. The van der Waals surface area contributed by atoms with Gasteiger partial charge in [-0.2, -0.15) is 23.5 Å². The van der Waals surface area contributed by atoms with Crippen molar-refractivity contribution in [3.05, 3.63) is 0 Å². The average molecular weight is 334 g/mol. The van der Waals surface area contributed by atoms with Crippen LogP contribution in [0.15, 0.2) is 0 Å². The first-order valence-electron chi connectivity index (χ1n) is 7.15. The summed E-state index contributed by atoms with van der Waals surface area (Å²) in [5.41, 5.74) is -0.884. The minimum atomic E-state index is -0.884. The number of carboxylic acids is 1.